The number of carbonyl (C=O) groups is 6. The normalized spacial score (nSPS) is 21.1. The van der Waals surface area contributed by atoms with Crippen molar-refractivity contribution in [2.45, 2.75) is 114 Å². The summed E-state index contributed by atoms with van der Waals surface area (Å²) in [5.74, 6) is -4.29. The fourth-order valence-electron chi connectivity index (χ4n) is 6.05. The van der Waals surface area contributed by atoms with Crippen LogP contribution in [0.5, 0.6) is 5.75 Å². The van der Waals surface area contributed by atoms with Crippen LogP contribution in [0.4, 0.5) is 0 Å². The highest BCUT2D eigenvalue weighted by Gasteiger charge is 2.38. The van der Waals surface area contributed by atoms with Gasteiger partial charge in [0.25, 0.3) is 0 Å². The van der Waals surface area contributed by atoms with Crippen molar-refractivity contribution in [1.82, 2.24) is 25.8 Å². The Morgan fingerprint density at radius 3 is 1.85 bits per heavy atom. The summed E-state index contributed by atoms with van der Waals surface area (Å²) < 4.78 is 0. The van der Waals surface area contributed by atoms with Gasteiger partial charge in [-0.3, -0.25) is 24.0 Å². The second kappa shape index (κ2) is 22.5. The molecule has 16 nitrogen and oxygen atoms in total. The maximum atomic E-state index is 14.4. The molecule has 53 heavy (non-hydrogen) atoms. The van der Waals surface area contributed by atoms with Crippen LogP contribution in [0.3, 0.4) is 0 Å². The quantitative estimate of drug-likeness (QED) is 0.0784. The van der Waals surface area contributed by atoms with E-state index in [2.05, 4.69) is 16.0 Å². The van der Waals surface area contributed by atoms with E-state index in [0.717, 1.165) is 4.90 Å². The molecular weight excluding hydrogens is 684 g/mol. The number of unbranched alkanes of at least 4 members (excludes halogenated alkanes) is 2. The van der Waals surface area contributed by atoms with Crippen LogP contribution in [-0.2, 0) is 35.2 Å². The van der Waals surface area contributed by atoms with E-state index in [1.807, 2.05) is 13.8 Å². The van der Waals surface area contributed by atoms with Gasteiger partial charge in [0.05, 0.1) is 6.04 Å². The first-order valence-corrected chi connectivity index (χ1v) is 18.4. The van der Waals surface area contributed by atoms with Gasteiger partial charge in [-0.15, -0.1) is 0 Å². The number of hydrogen-bond acceptors (Lipinski definition) is 10. The molecule has 0 saturated carbocycles. The number of phenols is 1. The molecule has 2 rings (SSSR count). The summed E-state index contributed by atoms with van der Waals surface area (Å²) in [5, 5.41) is 28.1. The highest BCUT2D eigenvalue weighted by atomic mass is 16.4. The van der Waals surface area contributed by atoms with Crippen molar-refractivity contribution in [3.63, 3.8) is 0 Å². The minimum Gasteiger partial charge on any atom is -0.508 e. The first-order valence-electron chi connectivity index (χ1n) is 18.4. The van der Waals surface area contributed by atoms with E-state index in [1.54, 1.807) is 24.3 Å². The van der Waals surface area contributed by atoms with E-state index in [1.165, 1.54) is 31.1 Å². The van der Waals surface area contributed by atoms with Crippen LogP contribution < -0.4 is 33.2 Å². The van der Waals surface area contributed by atoms with Crippen molar-refractivity contribution in [1.29, 1.82) is 0 Å². The van der Waals surface area contributed by atoms with Crippen LogP contribution in [0.25, 0.3) is 0 Å². The molecule has 0 aliphatic carbocycles. The highest BCUT2D eigenvalue weighted by molar-refractivity contribution is 5.96. The van der Waals surface area contributed by atoms with Gasteiger partial charge in [-0.1, -0.05) is 38.1 Å². The molecule has 6 atom stereocenters. The molecule has 1 aromatic rings. The summed E-state index contributed by atoms with van der Waals surface area (Å²) in [4.78, 5) is 83.5. The van der Waals surface area contributed by atoms with Gasteiger partial charge >= 0.3 is 5.97 Å². The van der Waals surface area contributed by atoms with Gasteiger partial charge in [-0.05, 0) is 94.5 Å². The van der Waals surface area contributed by atoms with Gasteiger partial charge in [-0.2, -0.15) is 0 Å². The number of rotatable bonds is 17. The summed E-state index contributed by atoms with van der Waals surface area (Å²) in [7, 11) is 2.79. The lowest BCUT2D eigenvalue weighted by atomic mass is 9.98. The van der Waals surface area contributed by atoms with Crippen LogP contribution in [0.2, 0.25) is 0 Å². The fraction of sp³-hybridized carbons (Fsp3) is 0.622. The van der Waals surface area contributed by atoms with Gasteiger partial charge in [0.2, 0.25) is 29.5 Å². The highest BCUT2D eigenvalue weighted by Crippen LogP contribution is 2.19. The number of amides is 5. The molecule has 0 unspecified atom stereocenters. The van der Waals surface area contributed by atoms with Crippen LogP contribution in [0.15, 0.2) is 36.4 Å². The second-order valence-electron chi connectivity index (χ2n) is 14.1. The van der Waals surface area contributed by atoms with Crippen LogP contribution in [0, 0.1) is 5.92 Å². The van der Waals surface area contributed by atoms with Gasteiger partial charge in [0.1, 0.15) is 36.0 Å². The predicted molar refractivity (Wildman–Crippen MR) is 200 cm³/mol. The number of benzene rings is 1. The molecule has 5 amide bonds. The number of phenolic OH excluding ortho intramolecular Hbond substituents is 1. The van der Waals surface area contributed by atoms with E-state index >= 15 is 0 Å². The standard InChI is InChI=1S/C37H60N8O8/c1-23(2)21-31(37(52)53)45(4)36(51)30(22-24-15-17-25(46)18-16-24)44(3)35(50)29-14-6-5-11-26(40)32(47)41-27(12-7-9-19-38)33(48)42-28(34(49)43-29)13-8-10-20-39/h5-6,15-18,23,26-31,46H,7-14,19-22,38-40H2,1-4H3,(H,41,47)(H,42,48)(H,43,49)(H,52,53)/t26-,27-,28-,29-,30-,31-/m0/s1. The predicted octanol–water partition coefficient (Wildman–Crippen LogP) is 0.109. The van der Waals surface area contributed by atoms with Crippen LogP contribution in [-0.4, -0.2) is 119 Å². The smallest absolute Gasteiger partial charge is 0.326 e. The molecule has 296 valence electrons. The molecule has 0 fully saturated rings. The van der Waals surface area contributed by atoms with Crippen molar-refractivity contribution in [2.24, 2.45) is 23.1 Å². The number of aromatic hydroxyl groups is 1. The molecule has 1 heterocycles. The Hall–Kier alpha value is -4.54. The van der Waals surface area contributed by atoms with Gasteiger partial charge in [0.15, 0.2) is 0 Å². The SMILES string of the molecule is CC(C)C[C@@H](C(=O)O)N(C)C(=O)[C@H](Cc1ccc(O)cc1)N(C)C(=O)[C@@H]1CC=CC[C@H](N)C(=O)N[C@@H](CCCCN)C(=O)N[C@@H](CCCCN)C(=O)N1. The molecular formula is C37H60N8O8. The van der Waals surface area contributed by atoms with Crippen molar-refractivity contribution in [2.75, 3.05) is 27.2 Å². The number of likely N-dealkylation sites (N-methyl/N-ethyl adjacent to an activating group) is 2. The van der Waals surface area contributed by atoms with E-state index in [-0.39, 0.29) is 50.2 Å². The molecule has 0 aromatic heterocycles. The minimum atomic E-state index is -1.22. The van der Waals surface area contributed by atoms with Crippen LogP contribution in [0.1, 0.15) is 77.2 Å². The first kappa shape index (κ1) is 44.6. The lowest BCUT2D eigenvalue weighted by Crippen LogP contribution is -2.60. The summed E-state index contributed by atoms with van der Waals surface area (Å²) in [6.07, 6.45) is 6.09. The van der Waals surface area contributed by atoms with Crippen molar-refractivity contribution in [3.8, 4) is 5.75 Å². The number of nitrogens with one attached hydrogen (secondary N) is 3. The summed E-state index contributed by atoms with van der Waals surface area (Å²) in [6, 6.07) is -0.575. The van der Waals surface area contributed by atoms with E-state index in [9.17, 15) is 39.0 Å². The largest absolute Gasteiger partial charge is 0.508 e. The minimum absolute atomic E-state index is 0.00228. The topological polar surface area (TPSA) is 264 Å². The molecule has 1 aliphatic rings. The zero-order chi connectivity index (χ0) is 39.7. The van der Waals surface area contributed by atoms with Crippen molar-refractivity contribution in [3.05, 3.63) is 42.0 Å². The lowest BCUT2D eigenvalue weighted by molar-refractivity contribution is -0.154. The Kier molecular flexibility index (Phi) is 19.0. The fourth-order valence-corrected chi connectivity index (χ4v) is 6.05. The third kappa shape index (κ3) is 14.4. The van der Waals surface area contributed by atoms with Crippen molar-refractivity contribution < 1.29 is 39.0 Å². The lowest BCUT2D eigenvalue weighted by Gasteiger charge is -2.35. The zero-order valence-corrected chi connectivity index (χ0v) is 31.5. The molecule has 1 aliphatic heterocycles. The van der Waals surface area contributed by atoms with Gasteiger partial charge < -0.3 is 53.2 Å². The molecule has 0 spiro atoms. The number of nitrogens with two attached hydrogens (primary N) is 3. The number of carboxylic acids is 1. The summed E-state index contributed by atoms with van der Waals surface area (Å²) in [6.45, 7) is 4.44. The molecule has 11 N–H and O–H groups in total. The number of aliphatic carboxylic acids is 1. The van der Waals surface area contributed by atoms with Crippen LogP contribution >= 0.6 is 0 Å². The summed E-state index contributed by atoms with van der Waals surface area (Å²) >= 11 is 0. The third-order valence-electron chi connectivity index (χ3n) is 9.30. The molecule has 1 aromatic carbocycles. The monoisotopic (exact) mass is 744 g/mol. The molecule has 0 saturated heterocycles. The number of carboxylic acid groups (broad SMARTS) is 1. The Bertz CT molecular complexity index is 1410. The number of carbonyl (C=O) groups excluding carboxylic acids is 5. The average molecular weight is 745 g/mol. The molecule has 0 radical (unpaired) electrons. The van der Waals surface area contributed by atoms with E-state index in [0.29, 0.717) is 44.3 Å². The average Bonchev–Trinajstić information content (AvgIpc) is 3.12. The Balaban J connectivity index is 2.54. The molecule has 0 bridgehead atoms. The third-order valence-corrected chi connectivity index (χ3v) is 9.30. The maximum absolute atomic E-state index is 14.4. The van der Waals surface area contributed by atoms with E-state index in [4.69, 9.17) is 17.2 Å². The maximum Gasteiger partial charge on any atom is 0.326 e. The molecule has 16 heteroatoms. The van der Waals surface area contributed by atoms with E-state index < -0.39 is 71.8 Å². The van der Waals surface area contributed by atoms with Crippen molar-refractivity contribution >= 4 is 35.5 Å². The van der Waals surface area contributed by atoms with Gasteiger partial charge in [-0.25, -0.2) is 4.79 Å². The second-order valence-corrected chi connectivity index (χ2v) is 14.1. The van der Waals surface area contributed by atoms with Gasteiger partial charge in [0, 0.05) is 20.5 Å². The zero-order valence-electron chi connectivity index (χ0n) is 31.5. The Labute approximate surface area is 312 Å². The Morgan fingerprint density at radius 2 is 1.32 bits per heavy atom. The number of hydrogen-bond donors (Lipinski definition) is 8. The Morgan fingerprint density at radius 1 is 0.792 bits per heavy atom. The first-order chi connectivity index (χ1) is 25.1. The summed E-state index contributed by atoms with van der Waals surface area (Å²) in [5.41, 5.74) is 18.1. The number of nitrogens with zero attached hydrogens (tertiary/aromatic N) is 2.